The molecule has 1 nitrogen and oxygen atoms in total. The van der Waals surface area contributed by atoms with Crippen molar-refractivity contribution in [2.75, 3.05) is 6.54 Å². The van der Waals surface area contributed by atoms with Gasteiger partial charge in [0, 0.05) is 16.1 Å². The lowest BCUT2D eigenvalue weighted by Gasteiger charge is -2.21. The number of halogens is 2. The van der Waals surface area contributed by atoms with Crippen LogP contribution in [0.1, 0.15) is 37.7 Å². The molecule has 0 aliphatic heterocycles. The van der Waals surface area contributed by atoms with Gasteiger partial charge in [-0.1, -0.05) is 35.7 Å². The van der Waals surface area contributed by atoms with Crippen LogP contribution < -0.4 is 5.32 Å². The Balaban J connectivity index is 1.63. The first-order valence-electron chi connectivity index (χ1n) is 7.40. The fraction of sp³-hybridized carbons (Fsp3) is 0.625. The van der Waals surface area contributed by atoms with E-state index in [2.05, 4.69) is 5.32 Å². The van der Waals surface area contributed by atoms with Crippen LogP contribution >= 0.6 is 23.2 Å². The molecule has 2 saturated carbocycles. The predicted molar refractivity (Wildman–Crippen MR) is 82.0 cm³/mol. The van der Waals surface area contributed by atoms with Crippen molar-refractivity contribution < 1.29 is 0 Å². The highest BCUT2D eigenvalue weighted by Crippen LogP contribution is 2.37. The van der Waals surface area contributed by atoms with Crippen molar-refractivity contribution in [3.63, 3.8) is 0 Å². The molecule has 19 heavy (non-hydrogen) atoms. The molecule has 1 aromatic rings. The fourth-order valence-corrected chi connectivity index (χ4v) is 3.80. The molecule has 3 heteroatoms. The highest BCUT2D eigenvalue weighted by Gasteiger charge is 2.30. The summed E-state index contributed by atoms with van der Waals surface area (Å²) >= 11 is 12.6. The molecule has 0 heterocycles. The molecule has 0 radical (unpaired) electrons. The molecule has 0 amide bonds. The summed E-state index contributed by atoms with van der Waals surface area (Å²) in [4.78, 5) is 0. The minimum Gasteiger partial charge on any atom is -0.314 e. The zero-order valence-corrected chi connectivity index (χ0v) is 12.7. The minimum absolute atomic E-state index is 0.739. The summed E-state index contributed by atoms with van der Waals surface area (Å²) in [5.41, 5.74) is 1.15. The molecule has 0 bridgehead atoms. The van der Waals surface area contributed by atoms with E-state index in [0.29, 0.717) is 0 Å². The van der Waals surface area contributed by atoms with Crippen LogP contribution in [0.5, 0.6) is 0 Å². The molecule has 104 valence electrons. The SMILES string of the molecule is Clc1cccc(Cl)c1CC1CCCC1CNC1CC1. The quantitative estimate of drug-likeness (QED) is 0.830. The zero-order chi connectivity index (χ0) is 13.2. The van der Waals surface area contributed by atoms with Gasteiger partial charge in [0.25, 0.3) is 0 Å². The van der Waals surface area contributed by atoms with Crippen LogP contribution in [-0.2, 0) is 6.42 Å². The molecule has 1 aromatic carbocycles. The Morgan fingerprint density at radius 2 is 1.68 bits per heavy atom. The summed E-state index contributed by atoms with van der Waals surface area (Å²) in [7, 11) is 0. The van der Waals surface area contributed by atoms with Gasteiger partial charge in [-0.15, -0.1) is 0 Å². The first kappa shape index (κ1) is 13.7. The van der Waals surface area contributed by atoms with E-state index in [4.69, 9.17) is 23.2 Å². The molecule has 0 spiro atoms. The van der Waals surface area contributed by atoms with Gasteiger partial charge in [-0.05, 0) is 68.2 Å². The van der Waals surface area contributed by atoms with E-state index in [1.165, 1.54) is 38.6 Å². The monoisotopic (exact) mass is 297 g/mol. The third kappa shape index (κ3) is 3.45. The van der Waals surface area contributed by atoms with Crippen LogP contribution in [0.25, 0.3) is 0 Å². The second-order valence-electron chi connectivity index (χ2n) is 6.04. The average molecular weight is 298 g/mol. The molecule has 1 N–H and O–H groups in total. The van der Waals surface area contributed by atoms with E-state index in [0.717, 1.165) is 39.9 Å². The average Bonchev–Trinajstić information content (AvgIpc) is 3.11. The molecule has 0 saturated heterocycles. The summed E-state index contributed by atoms with van der Waals surface area (Å²) in [6, 6.07) is 6.64. The minimum atomic E-state index is 0.739. The Labute approximate surface area is 125 Å². The van der Waals surface area contributed by atoms with Crippen LogP contribution in [0.15, 0.2) is 18.2 Å². The highest BCUT2D eigenvalue weighted by molar-refractivity contribution is 6.35. The van der Waals surface area contributed by atoms with Gasteiger partial charge in [0.2, 0.25) is 0 Å². The topological polar surface area (TPSA) is 12.0 Å². The maximum absolute atomic E-state index is 6.29. The molecule has 2 atom stereocenters. The first-order valence-corrected chi connectivity index (χ1v) is 8.16. The van der Waals surface area contributed by atoms with Crippen molar-refractivity contribution in [3.8, 4) is 0 Å². The Morgan fingerprint density at radius 1 is 1.00 bits per heavy atom. The van der Waals surface area contributed by atoms with Crippen molar-refractivity contribution >= 4 is 23.2 Å². The number of rotatable bonds is 5. The number of hydrogen-bond acceptors (Lipinski definition) is 1. The van der Waals surface area contributed by atoms with E-state index < -0.39 is 0 Å². The molecule has 2 aliphatic rings. The molecule has 2 unspecified atom stereocenters. The smallest absolute Gasteiger partial charge is 0.0452 e. The molecule has 2 aliphatic carbocycles. The Hall–Kier alpha value is -0.240. The number of hydrogen-bond donors (Lipinski definition) is 1. The van der Waals surface area contributed by atoms with Crippen molar-refractivity contribution in [3.05, 3.63) is 33.8 Å². The molecule has 0 aromatic heterocycles. The van der Waals surface area contributed by atoms with Crippen LogP contribution in [0.2, 0.25) is 10.0 Å². The van der Waals surface area contributed by atoms with Gasteiger partial charge < -0.3 is 5.32 Å². The Bertz CT molecular complexity index is 422. The summed E-state index contributed by atoms with van der Waals surface area (Å²) in [5, 5.41) is 5.33. The van der Waals surface area contributed by atoms with Gasteiger partial charge in [-0.3, -0.25) is 0 Å². The molecular formula is C16H21Cl2N. The third-order valence-corrected chi connectivity index (χ3v) is 5.30. The first-order chi connectivity index (χ1) is 9.24. The highest BCUT2D eigenvalue weighted by atomic mass is 35.5. The predicted octanol–water partition coefficient (Wildman–Crippen LogP) is 4.70. The zero-order valence-electron chi connectivity index (χ0n) is 11.2. The lowest BCUT2D eigenvalue weighted by Crippen LogP contribution is -2.27. The maximum atomic E-state index is 6.29. The second-order valence-corrected chi connectivity index (χ2v) is 6.85. The Kier molecular flexibility index (Phi) is 4.36. The number of nitrogens with one attached hydrogen (secondary N) is 1. The summed E-state index contributed by atoms with van der Waals surface area (Å²) < 4.78 is 0. The lowest BCUT2D eigenvalue weighted by molar-refractivity contribution is 0.364. The van der Waals surface area contributed by atoms with E-state index >= 15 is 0 Å². The molecular weight excluding hydrogens is 277 g/mol. The van der Waals surface area contributed by atoms with Crippen LogP contribution in [0.4, 0.5) is 0 Å². The standard InChI is InChI=1S/C16H21Cl2N/c17-15-5-2-6-16(18)14(15)9-11-3-1-4-12(11)10-19-13-7-8-13/h2,5-6,11-13,19H,1,3-4,7-10H2. The van der Waals surface area contributed by atoms with Gasteiger partial charge in [0.1, 0.15) is 0 Å². The molecule has 3 rings (SSSR count). The third-order valence-electron chi connectivity index (χ3n) is 4.59. The van der Waals surface area contributed by atoms with Crippen LogP contribution in [-0.4, -0.2) is 12.6 Å². The summed E-state index contributed by atoms with van der Waals surface area (Å²) in [5.74, 6) is 1.54. The van der Waals surface area contributed by atoms with Crippen molar-refractivity contribution in [1.82, 2.24) is 5.32 Å². The van der Waals surface area contributed by atoms with Gasteiger partial charge in [-0.25, -0.2) is 0 Å². The fourth-order valence-electron chi connectivity index (χ4n) is 3.25. The normalized spacial score (nSPS) is 26.8. The van der Waals surface area contributed by atoms with Gasteiger partial charge in [0.15, 0.2) is 0 Å². The number of benzene rings is 1. The van der Waals surface area contributed by atoms with E-state index in [1.807, 2.05) is 18.2 Å². The van der Waals surface area contributed by atoms with Crippen molar-refractivity contribution in [2.45, 2.75) is 44.6 Å². The van der Waals surface area contributed by atoms with E-state index in [9.17, 15) is 0 Å². The maximum Gasteiger partial charge on any atom is 0.0452 e. The summed E-state index contributed by atoms with van der Waals surface area (Å²) in [6.45, 7) is 1.18. The van der Waals surface area contributed by atoms with E-state index in [-0.39, 0.29) is 0 Å². The lowest BCUT2D eigenvalue weighted by atomic mass is 9.89. The molecule has 2 fully saturated rings. The van der Waals surface area contributed by atoms with Crippen molar-refractivity contribution in [2.24, 2.45) is 11.8 Å². The van der Waals surface area contributed by atoms with Crippen LogP contribution in [0, 0.1) is 11.8 Å². The summed E-state index contributed by atoms with van der Waals surface area (Å²) in [6.07, 6.45) is 7.80. The van der Waals surface area contributed by atoms with Crippen LogP contribution in [0.3, 0.4) is 0 Å². The van der Waals surface area contributed by atoms with Gasteiger partial charge in [0.05, 0.1) is 0 Å². The van der Waals surface area contributed by atoms with E-state index in [1.54, 1.807) is 0 Å². The largest absolute Gasteiger partial charge is 0.314 e. The van der Waals surface area contributed by atoms with Gasteiger partial charge >= 0.3 is 0 Å². The Morgan fingerprint density at radius 3 is 2.37 bits per heavy atom. The van der Waals surface area contributed by atoms with Crippen molar-refractivity contribution in [1.29, 1.82) is 0 Å². The second kappa shape index (κ2) is 6.03. The van der Waals surface area contributed by atoms with Gasteiger partial charge in [-0.2, -0.15) is 0 Å².